The summed E-state index contributed by atoms with van der Waals surface area (Å²) in [5.74, 6) is 0.565. The number of carbonyl (C=O) groups is 1. The fourth-order valence-electron chi connectivity index (χ4n) is 2.72. The molecule has 0 amide bonds. The second kappa shape index (κ2) is 8.54. The summed E-state index contributed by atoms with van der Waals surface area (Å²) < 4.78 is 5.06. The number of ether oxygens (including phenoxy) is 1. The van der Waals surface area contributed by atoms with Crippen LogP contribution in [0.5, 0.6) is 0 Å². The van der Waals surface area contributed by atoms with Crippen LogP contribution in [0.4, 0.5) is 0 Å². The quantitative estimate of drug-likeness (QED) is 0.696. The van der Waals surface area contributed by atoms with E-state index in [1.807, 2.05) is 6.92 Å². The second-order valence-electron chi connectivity index (χ2n) is 5.99. The van der Waals surface area contributed by atoms with E-state index in [9.17, 15) is 9.90 Å². The Morgan fingerprint density at radius 2 is 1.95 bits per heavy atom. The van der Waals surface area contributed by atoms with E-state index in [-0.39, 0.29) is 18.0 Å². The van der Waals surface area contributed by atoms with Crippen molar-refractivity contribution in [3.8, 4) is 0 Å². The number of rotatable bonds is 7. The summed E-state index contributed by atoms with van der Waals surface area (Å²) in [5, 5.41) is 13.2. The van der Waals surface area contributed by atoms with Gasteiger partial charge >= 0.3 is 5.97 Å². The van der Waals surface area contributed by atoms with Gasteiger partial charge in [0.15, 0.2) is 0 Å². The van der Waals surface area contributed by atoms with Crippen LogP contribution >= 0.6 is 0 Å². The van der Waals surface area contributed by atoms with Gasteiger partial charge in [0.25, 0.3) is 0 Å². The fraction of sp³-hybridized carbons (Fsp3) is 0.933. The first-order valence-corrected chi connectivity index (χ1v) is 7.61. The highest BCUT2D eigenvalue weighted by Crippen LogP contribution is 2.25. The number of nitrogens with one attached hydrogen (secondary N) is 1. The van der Waals surface area contributed by atoms with Crippen LogP contribution in [0.3, 0.4) is 0 Å². The van der Waals surface area contributed by atoms with Gasteiger partial charge in [0, 0.05) is 12.6 Å². The van der Waals surface area contributed by atoms with Crippen molar-refractivity contribution in [3.05, 3.63) is 0 Å². The summed E-state index contributed by atoms with van der Waals surface area (Å²) in [4.78, 5) is 11.6. The zero-order chi connectivity index (χ0) is 14.3. The number of hydrogen-bond donors (Lipinski definition) is 2. The molecule has 112 valence electrons. The lowest BCUT2D eigenvalue weighted by Crippen LogP contribution is -2.39. The third-order valence-corrected chi connectivity index (χ3v) is 3.73. The van der Waals surface area contributed by atoms with E-state index >= 15 is 0 Å². The first kappa shape index (κ1) is 16.4. The fourth-order valence-corrected chi connectivity index (χ4v) is 2.72. The molecule has 1 rings (SSSR count). The molecule has 2 N–H and O–H groups in total. The molecule has 0 bridgehead atoms. The normalized spacial score (nSPS) is 25.3. The minimum Gasteiger partial charge on any atom is -0.466 e. The lowest BCUT2D eigenvalue weighted by molar-refractivity contribution is -0.149. The van der Waals surface area contributed by atoms with Crippen molar-refractivity contribution in [1.29, 1.82) is 0 Å². The van der Waals surface area contributed by atoms with Gasteiger partial charge in [-0.25, -0.2) is 0 Å². The number of hydrogen-bond acceptors (Lipinski definition) is 4. The molecule has 4 heteroatoms. The van der Waals surface area contributed by atoms with Gasteiger partial charge in [0.2, 0.25) is 0 Å². The van der Waals surface area contributed by atoms with Gasteiger partial charge in [-0.2, -0.15) is 0 Å². The Balaban J connectivity index is 2.18. The van der Waals surface area contributed by atoms with E-state index in [2.05, 4.69) is 19.2 Å². The first-order valence-electron chi connectivity index (χ1n) is 7.61. The van der Waals surface area contributed by atoms with Gasteiger partial charge < -0.3 is 15.2 Å². The highest BCUT2D eigenvalue weighted by molar-refractivity contribution is 5.72. The van der Waals surface area contributed by atoms with Gasteiger partial charge in [0.05, 0.1) is 18.6 Å². The molecule has 1 aliphatic rings. The van der Waals surface area contributed by atoms with Crippen LogP contribution in [0.15, 0.2) is 0 Å². The van der Waals surface area contributed by atoms with Crippen LogP contribution in [0.2, 0.25) is 0 Å². The summed E-state index contributed by atoms with van der Waals surface area (Å²) in [5.41, 5.74) is 0. The van der Waals surface area contributed by atoms with Gasteiger partial charge in [0.1, 0.15) is 0 Å². The molecule has 1 unspecified atom stereocenters. The highest BCUT2D eigenvalue weighted by atomic mass is 16.5. The molecule has 0 aromatic heterocycles. The average molecular weight is 271 g/mol. The van der Waals surface area contributed by atoms with Gasteiger partial charge in [-0.05, 0) is 44.9 Å². The maximum absolute atomic E-state index is 11.6. The molecule has 0 heterocycles. The van der Waals surface area contributed by atoms with Crippen LogP contribution in [0.25, 0.3) is 0 Å². The van der Waals surface area contributed by atoms with E-state index in [4.69, 9.17) is 4.74 Å². The molecule has 0 aromatic carbocycles. The highest BCUT2D eigenvalue weighted by Gasteiger charge is 2.27. The summed E-state index contributed by atoms with van der Waals surface area (Å²) in [6.07, 6.45) is 4.37. The smallest absolute Gasteiger partial charge is 0.308 e. The predicted molar refractivity (Wildman–Crippen MR) is 75.8 cm³/mol. The summed E-state index contributed by atoms with van der Waals surface area (Å²) in [6.45, 7) is 7.22. The monoisotopic (exact) mass is 271 g/mol. The molecular weight excluding hydrogens is 242 g/mol. The molecule has 0 aromatic rings. The van der Waals surface area contributed by atoms with Crippen LogP contribution < -0.4 is 5.32 Å². The van der Waals surface area contributed by atoms with Crippen molar-refractivity contribution in [2.45, 2.75) is 65.0 Å². The third-order valence-electron chi connectivity index (χ3n) is 3.73. The van der Waals surface area contributed by atoms with Crippen LogP contribution in [0.1, 0.15) is 52.9 Å². The van der Waals surface area contributed by atoms with Crippen molar-refractivity contribution in [3.63, 3.8) is 0 Å². The van der Waals surface area contributed by atoms with Crippen LogP contribution in [-0.4, -0.2) is 36.4 Å². The Morgan fingerprint density at radius 3 is 2.47 bits per heavy atom. The molecule has 0 spiro atoms. The summed E-state index contributed by atoms with van der Waals surface area (Å²) >= 11 is 0. The Labute approximate surface area is 116 Å². The molecule has 1 fully saturated rings. The van der Waals surface area contributed by atoms with Gasteiger partial charge in [-0.15, -0.1) is 0 Å². The van der Waals surface area contributed by atoms with Crippen molar-refractivity contribution in [2.24, 2.45) is 11.8 Å². The van der Waals surface area contributed by atoms with E-state index in [0.717, 1.165) is 32.1 Å². The molecule has 0 radical (unpaired) electrons. The Morgan fingerprint density at radius 1 is 1.32 bits per heavy atom. The third kappa shape index (κ3) is 6.39. The van der Waals surface area contributed by atoms with E-state index in [1.165, 1.54) is 0 Å². The molecular formula is C15H29NO3. The molecule has 1 saturated carbocycles. The lowest BCUT2D eigenvalue weighted by atomic mass is 9.86. The maximum atomic E-state index is 11.6. The first-order chi connectivity index (χ1) is 9.02. The lowest BCUT2D eigenvalue weighted by Gasteiger charge is -2.28. The van der Waals surface area contributed by atoms with E-state index in [1.54, 1.807) is 0 Å². The van der Waals surface area contributed by atoms with Gasteiger partial charge in [-0.1, -0.05) is 13.8 Å². The standard InChI is InChI=1S/C15H29NO3/c1-4-19-15(18)12-5-7-13(8-6-12)16-10-14(17)9-11(2)3/h11-14,16-17H,4-10H2,1-3H3. The van der Waals surface area contributed by atoms with Crippen molar-refractivity contribution in [2.75, 3.05) is 13.2 Å². The molecule has 19 heavy (non-hydrogen) atoms. The van der Waals surface area contributed by atoms with Crippen LogP contribution in [-0.2, 0) is 9.53 Å². The maximum Gasteiger partial charge on any atom is 0.308 e. The largest absolute Gasteiger partial charge is 0.466 e. The average Bonchev–Trinajstić information content (AvgIpc) is 2.36. The number of carbonyl (C=O) groups excluding carboxylic acids is 1. The Kier molecular flexibility index (Phi) is 7.39. The van der Waals surface area contributed by atoms with Gasteiger partial charge in [-0.3, -0.25) is 4.79 Å². The molecule has 1 aliphatic carbocycles. The molecule has 0 aliphatic heterocycles. The predicted octanol–water partition coefficient (Wildman–Crippen LogP) is 2.10. The molecule has 4 nitrogen and oxygen atoms in total. The topological polar surface area (TPSA) is 58.6 Å². The zero-order valence-electron chi connectivity index (χ0n) is 12.5. The van der Waals surface area contributed by atoms with E-state index < -0.39 is 0 Å². The summed E-state index contributed by atoms with van der Waals surface area (Å²) in [7, 11) is 0. The van der Waals surface area contributed by atoms with E-state index in [0.29, 0.717) is 25.1 Å². The zero-order valence-corrected chi connectivity index (χ0v) is 12.5. The minimum absolute atomic E-state index is 0.0409. The van der Waals surface area contributed by atoms with Crippen molar-refractivity contribution < 1.29 is 14.6 Å². The molecule has 1 atom stereocenters. The number of aliphatic hydroxyl groups is 1. The minimum atomic E-state index is -0.261. The number of aliphatic hydroxyl groups excluding tert-OH is 1. The SMILES string of the molecule is CCOC(=O)C1CCC(NCC(O)CC(C)C)CC1. The number of esters is 1. The Bertz CT molecular complexity index is 260. The summed E-state index contributed by atoms with van der Waals surface area (Å²) in [6, 6.07) is 0.437. The van der Waals surface area contributed by atoms with Crippen molar-refractivity contribution in [1.82, 2.24) is 5.32 Å². The molecule has 0 saturated heterocycles. The van der Waals surface area contributed by atoms with Crippen LogP contribution in [0, 0.1) is 11.8 Å². The Hall–Kier alpha value is -0.610. The second-order valence-corrected chi connectivity index (χ2v) is 5.99. The van der Waals surface area contributed by atoms with Crippen molar-refractivity contribution >= 4 is 5.97 Å².